The highest BCUT2D eigenvalue weighted by Crippen LogP contribution is 2.57. The van der Waals surface area contributed by atoms with E-state index in [0.717, 1.165) is 6.42 Å². The van der Waals surface area contributed by atoms with Crippen LogP contribution in [-0.2, 0) is 25.6 Å². The van der Waals surface area contributed by atoms with E-state index < -0.39 is 46.6 Å². The molecule has 1 aliphatic carbocycles. The summed E-state index contributed by atoms with van der Waals surface area (Å²) in [4.78, 5) is 66.3. The van der Waals surface area contributed by atoms with E-state index in [1.165, 1.54) is 0 Å². The summed E-state index contributed by atoms with van der Waals surface area (Å²) in [7, 11) is 1.55. The van der Waals surface area contributed by atoms with Gasteiger partial charge in [-0.1, -0.05) is 62.2 Å². The lowest BCUT2D eigenvalue weighted by Gasteiger charge is -2.43. The molecule has 12 heteroatoms. The highest BCUT2D eigenvalue weighted by molar-refractivity contribution is 6.40. The maximum atomic E-state index is 13.8. The molecule has 1 aliphatic heterocycles. The van der Waals surface area contributed by atoms with Gasteiger partial charge in [-0.05, 0) is 60.9 Å². The van der Waals surface area contributed by atoms with Crippen molar-refractivity contribution < 1.29 is 29.1 Å². The second kappa shape index (κ2) is 13.2. The van der Waals surface area contributed by atoms with Crippen LogP contribution in [0.5, 0.6) is 0 Å². The van der Waals surface area contributed by atoms with Gasteiger partial charge in [0.2, 0.25) is 17.7 Å². The zero-order valence-corrected chi connectivity index (χ0v) is 26.7. The monoisotopic (exact) mass is 644 g/mol. The standard InChI is InChI=1S/C32H38Cl2N4O6/c1-31(2)20(14-15-32(31,3)30(44)38-16-6-9-24(38)27(40)35-4)26(39)37-23(29(42)43)17-18-10-12-19(13-11-18)36-28(41)25-21(33)7-5-8-22(25)34/h5,7-8,10-13,20,23-24H,6,9,14-17H2,1-4H3,(H,35,40)(H,36,41)(H,37,39)(H,42,43). The van der Waals surface area contributed by atoms with Crippen LogP contribution >= 0.6 is 23.2 Å². The van der Waals surface area contributed by atoms with Crippen molar-refractivity contribution in [1.29, 1.82) is 0 Å². The number of carboxylic acids is 1. The lowest BCUT2D eigenvalue weighted by Crippen LogP contribution is -2.55. The molecule has 4 rings (SSSR count). The highest BCUT2D eigenvalue weighted by atomic mass is 35.5. The Hall–Kier alpha value is -3.63. The Kier molecular flexibility index (Phi) is 9.95. The largest absolute Gasteiger partial charge is 0.480 e. The van der Waals surface area contributed by atoms with Crippen LogP contribution in [0.15, 0.2) is 42.5 Å². The van der Waals surface area contributed by atoms with Gasteiger partial charge in [-0.25, -0.2) is 4.79 Å². The number of anilines is 1. The number of likely N-dealkylation sites (N-methyl/N-ethyl adjacent to an activating group) is 1. The summed E-state index contributed by atoms with van der Waals surface area (Å²) in [5, 5.41) is 18.4. The number of carbonyl (C=O) groups is 5. The molecule has 4 atom stereocenters. The van der Waals surface area contributed by atoms with Gasteiger partial charge < -0.3 is 26.0 Å². The molecule has 4 unspecified atom stereocenters. The van der Waals surface area contributed by atoms with E-state index in [4.69, 9.17) is 23.2 Å². The number of benzene rings is 2. The molecule has 2 fully saturated rings. The van der Waals surface area contributed by atoms with Crippen LogP contribution in [-0.4, -0.2) is 65.3 Å². The fourth-order valence-corrected chi connectivity index (χ4v) is 7.02. The van der Waals surface area contributed by atoms with Gasteiger partial charge >= 0.3 is 5.97 Å². The molecule has 1 heterocycles. The van der Waals surface area contributed by atoms with Crippen molar-refractivity contribution >= 4 is 58.5 Å². The molecule has 0 spiro atoms. The van der Waals surface area contributed by atoms with Crippen molar-refractivity contribution in [3.05, 3.63) is 63.6 Å². The van der Waals surface area contributed by atoms with Gasteiger partial charge in [0.15, 0.2) is 0 Å². The molecule has 0 radical (unpaired) electrons. The Morgan fingerprint density at radius 2 is 1.61 bits per heavy atom. The minimum atomic E-state index is -1.21. The first-order chi connectivity index (χ1) is 20.7. The van der Waals surface area contributed by atoms with Crippen LogP contribution in [0, 0.1) is 16.7 Å². The van der Waals surface area contributed by atoms with Crippen molar-refractivity contribution in [3.63, 3.8) is 0 Å². The second-order valence-electron chi connectivity index (χ2n) is 12.3. The molecule has 1 saturated carbocycles. The molecule has 1 saturated heterocycles. The summed E-state index contributed by atoms with van der Waals surface area (Å²) in [5.74, 6) is -3.05. The SMILES string of the molecule is CNC(=O)C1CCCN1C(=O)C1(C)CCC(C(=O)NC(Cc2ccc(NC(=O)c3c(Cl)cccc3Cl)cc2)C(=O)O)C1(C)C. The van der Waals surface area contributed by atoms with Gasteiger partial charge in [-0.3, -0.25) is 19.2 Å². The highest BCUT2D eigenvalue weighted by Gasteiger charge is 2.60. The van der Waals surface area contributed by atoms with Crippen LogP contribution in [0.4, 0.5) is 5.69 Å². The molecule has 10 nitrogen and oxygen atoms in total. The average Bonchev–Trinajstić information content (AvgIpc) is 3.55. The van der Waals surface area contributed by atoms with Gasteiger partial charge in [0.05, 0.1) is 21.0 Å². The number of nitrogens with one attached hydrogen (secondary N) is 3. The van der Waals surface area contributed by atoms with Gasteiger partial charge in [-0.2, -0.15) is 0 Å². The molecule has 236 valence electrons. The van der Waals surface area contributed by atoms with Crippen LogP contribution < -0.4 is 16.0 Å². The number of amides is 4. The fourth-order valence-electron chi connectivity index (χ4n) is 6.45. The number of nitrogens with zero attached hydrogens (tertiary/aromatic N) is 1. The van der Waals surface area contributed by atoms with E-state index in [1.807, 2.05) is 20.8 Å². The maximum Gasteiger partial charge on any atom is 0.326 e. The molecule has 2 aliphatic rings. The molecule has 2 aromatic carbocycles. The number of carbonyl (C=O) groups excluding carboxylic acids is 4. The average molecular weight is 646 g/mol. The lowest BCUT2D eigenvalue weighted by molar-refractivity contribution is -0.153. The zero-order valence-electron chi connectivity index (χ0n) is 25.2. The summed E-state index contributed by atoms with van der Waals surface area (Å²) >= 11 is 12.2. The minimum absolute atomic E-state index is 0.0105. The van der Waals surface area contributed by atoms with Gasteiger partial charge in [0.1, 0.15) is 12.1 Å². The van der Waals surface area contributed by atoms with Crippen molar-refractivity contribution in [2.45, 2.75) is 65.0 Å². The Bertz CT molecular complexity index is 1440. The summed E-state index contributed by atoms with van der Waals surface area (Å²) in [6.07, 6.45) is 2.19. The normalized spacial score (nSPS) is 23.1. The van der Waals surface area contributed by atoms with Crippen LogP contribution in [0.1, 0.15) is 62.4 Å². The third-order valence-corrected chi connectivity index (χ3v) is 10.2. The molecule has 2 aromatic rings. The first kappa shape index (κ1) is 33.3. The topological polar surface area (TPSA) is 145 Å². The van der Waals surface area contributed by atoms with Crippen LogP contribution in [0.25, 0.3) is 0 Å². The summed E-state index contributed by atoms with van der Waals surface area (Å²) < 4.78 is 0. The number of hydrogen-bond donors (Lipinski definition) is 4. The summed E-state index contributed by atoms with van der Waals surface area (Å²) in [6, 6.07) is 9.61. The van der Waals surface area contributed by atoms with E-state index in [2.05, 4.69) is 16.0 Å². The smallest absolute Gasteiger partial charge is 0.326 e. The maximum absolute atomic E-state index is 13.8. The Morgan fingerprint density at radius 1 is 0.977 bits per heavy atom. The van der Waals surface area contributed by atoms with Gasteiger partial charge in [0, 0.05) is 31.6 Å². The van der Waals surface area contributed by atoms with Gasteiger partial charge in [-0.15, -0.1) is 0 Å². The minimum Gasteiger partial charge on any atom is -0.480 e. The van der Waals surface area contributed by atoms with E-state index in [-0.39, 0.29) is 33.8 Å². The third kappa shape index (κ3) is 6.42. The number of likely N-dealkylation sites (tertiary alicyclic amines) is 1. The lowest BCUT2D eigenvalue weighted by atomic mass is 9.64. The first-order valence-corrected chi connectivity index (χ1v) is 15.4. The predicted octanol–water partition coefficient (Wildman–Crippen LogP) is 4.54. The van der Waals surface area contributed by atoms with E-state index in [1.54, 1.807) is 54.4 Å². The molecular weight excluding hydrogens is 607 g/mol. The van der Waals surface area contributed by atoms with E-state index >= 15 is 0 Å². The molecule has 0 aromatic heterocycles. The number of carboxylic acid groups (broad SMARTS) is 1. The molecule has 4 amide bonds. The number of rotatable bonds is 9. The van der Waals surface area contributed by atoms with Crippen molar-refractivity contribution in [3.8, 4) is 0 Å². The Balaban J connectivity index is 1.42. The van der Waals surface area contributed by atoms with E-state index in [0.29, 0.717) is 37.1 Å². The predicted molar refractivity (Wildman–Crippen MR) is 168 cm³/mol. The van der Waals surface area contributed by atoms with Crippen LogP contribution in [0.3, 0.4) is 0 Å². The zero-order chi connectivity index (χ0) is 32.4. The van der Waals surface area contributed by atoms with Crippen molar-refractivity contribution in [2.75, 3.05) is 18.9 Å². The van der Waals surface area contributed by atoms with Crippen LogP contribution in [0.2, 0.25) is 10.0 Å². The molecule has 4 N–H and O–H groups in total. The fraction of sp³-hybridized carbons (Fsp3) is 0.469. The van der Waals surface area contributed by atoms with E-state index in [9.17, 15) is 29.1 Å². The Morgan fingerprint density at radius 3 is 2.20 bits per heavy atom. The molecule has 44 heavy (non-hydrogen) atoms. The number of aliphatic carboxylic acids is 1. The first-order valence-electron chi connectivity index (χ1n) is 14.6. The second-order valence-corrected chi connectivity index (χ2v) is 13.1. The molecular formula is C32H38Cl2N4O6. The Labute approximate surface area is 266 Å². The number of hydrogen-bond acceptors (Lipinski definition) is 5. The summed E-state index contributed by atoms with van der Waals surface area (Å²) in [5.41, 5.74) is -0.464. The van der Waals surface area contributed by atoms with Crippen molar-refractivity contribution in [1.82, 2.24) is 15.5 Å². The quantitative estimate of drug-likeness (QED) is 0.315. The number of halogens is 2. The third-order valence-electron chi connectivity index (χ3n) is 9.53. The molecule has 0 bridgehead atoms. The van der Waals surface area contributed by atoms with Gasteiger partial charge in [0.25, 0.3) is 5.91 Å². The summed E-state index contributed by atoms with van der Waals surface area (Å²) in [6.45, 7) is 6.06. The van der Waals surface area contributed by atoms with Crippen molar-refractivity contribution in [2.24, 2.45) is 16.7 Å².